The number of hydrogen-bond acceptors (Lipinski definition) is 4. The fourth-order valence-corrected chi connectivity index (χ4v) is 2.87. The van der Waals surface area contributed by atoms with Crippen molar-refractivity contribution in [1.29, 1.82) is 0 Å². The monoisotopic (exact) mass is 225 g/mol. The molecule has 2 N–H and O–H groups in total. The number of hydrogen-bond donors (Lipinski definition) is 1. The SMILES string of the molecule is CCN1C(=O)CCC(N)C1c1nccs1. The molecule has 1 amide bonds. The van der Waals surface area contributed by atoms with Gasteiger partial charge >= 0.3 is 0 Å². The van der Waals surface area contributed by atoms with E-state index in [0.717, 1.165) is 11.4 Å². The van der Waals surface area contributed by atoms with Crippen LogP contribution in [0.3, 0.4) is 0 Å². The van der Waals surface area contributed by atoms with Gasteiger partial charge in [0.05, 0.1) is 6.04 Å². The van der Waals surface area contributed by atoms with E-state index in [2.05, 4.69) is 4.98 Å². The number of likely N-dealkylation sites (tertiary alicyclic amines) is 1. The lowest BCUT2D eigenvalue weighted by Crippen LogP contribution is -2.48. The lowest BCUT2D eigenvalue weighted by Gasteiger charge is -2.37. The molecule has 0 aliphatic carbocycles. The second-order valence-electron chi connectivity index (χ2n) is 3.70. The summed E-state index contributed by atoms with van der Waals surface area (Å²) in [5.41, 5.74) is 6.07. The third kappa shape index (κ3) is 1.89. The Morgan fingerprint density at radius 1 is 1.73 bits per heavy atom. The van der Waals surface area contributed by atoms with Crippen LogP contribution in [0.5, 0.6) is 0 Å². The third-order valence-electron chi connectivity index (χ3n) is 2.80. The maximum absolute atomic E-state index is 11.7. The molecule has 1 fully saturated rings. The van der Waals surface area contributed by atoms with Crippen molar-refractivity contribution < 1.29 is 4.79 Å². The standard InChI is InChI=1S/C10H15N3OS/c1-2-13-8(14)4-3-7(11)9(13)10-12-5-6-15-10/h5-7,9H,2-4,11H2,1H3. The van der Waals surface area contributed by atoms with Crippen LogP contribution in [0.15, 0.2) is 11.6 Å². The van der Waals surface area contributed by atoms with Crippen molar-refractivity contribution in [2.45, 2.75) is 31.8 Å². The molecule has 5 heteroatoms. The molecule has 1 aliphatic rings. The molecule has 0 saturated carbocycles. The Bertz CT molecular complexity index is 338. The van der Waals surface area contributed by atoms with Crippen molar-refractivity contribution in [2.24, 2.45) is 5.73 Å². The smallest absolute Gasteiger partial charge is 0.223 e. The highest BCUT2D eigenvalue weighted by atomic mass is 32.1. The fourth-order valence-electron chi connectivity index (χ4n) is 2.05. The number of rotatable bonds is 2. The molecule has 0 radical (unpaired) electrons. The van der Waals surface area contributed by atoms with Gasteiger partial charge in [-0.2, -0.15) is 0 Å². The van der Waals surface area contributed by atoms with E-state index in [1.165, 1.54) is 0 Å². The van der Waals surface area contributed by atoms with Gasteiger partial charge in [0.15, 0.2) is 0 Å². The highest BCUT2D eigenvalue weighted by Gasteiger charge is 2.35. The van der Waals surface area contributed by atoms with Gasteiger partial charge in [-0.05, 0) is 13.3 Å². The number of thiazole rings is 1. The Kier molecular flexibility index (Phi) is 3.02. The number of amides is 1. The van der Waals surface area contributed by atoms with E-state index in [1.807, 2.05) is 17.2 Å². The molecule has 2 unspecified atom stereocenters. The Hall–Kier alpha value is -0.940. The van der Waals surface area contributed by atoms with Crippen LogP contribution in [0.1, 0.15) is 30.8 Å². The lowest BCUT2D eigenvalue weighted by atomic mass is 9.97. The van der Waals surface area contributed by atoms with Gasteiger partial charge in [0.1, 0.15) is 5.01 Å². The number of nitrogens with two attached hydrogens (primary N) is 1. The van der Waals surface area contributed by atoms with Crippen LogP contribution in [0.4, 0.5) is 0 Å². The minimum absolute atomic E-state index is 0.0174. The average Bonchev–Trinajstić information content (AvgIpc) is 2.74. The summed E-state index contributed by atoms with van der Waals surface area (Å²) in [5, 5.41) is 2.88. The molecule has 2 atom stereocenters. The molecule has 1 saturated heterocycles. The number of aromatic nitrogens is 1. The number of piperidine rings is 1. The molecule has 1 aromatic rings. The van der Waals surface area contributed by atoms with Crippen molar-refractivity contribution in [2.75, 3.05) is 6.54 Å². The van der Waals surface area contributed by atoms with Gasteiger partial charge in [0.2, 0.25) is 5.91 Å². The van der Waals surface area contributed by atoms with Crippen LogP contribution < -0.4 is 5.73 Å². The molecule has 2 rings (SSSR count). The summed E-state index contributed by atoms with van der Waals surface area (Å²) in [6.07, 6.45) is 3.09. The summed E-state index contributed by atoms with van der Waals surface area (Å²) in [7, 11) is 0. The van der Waals surface area contributed by atoms with Gasteiger partial charge in [-0.15, -0.1) is 11.3 Å². The summed E-state index contributed by atoms with van der Waals surface area (Å²) in [5.74, 6) is 0.194. The van der Waals surface area contributed by atoms with Crippen LogP contribution >= 0.6 is 11.3 Å². The third-order valence-corrected chi connectivity index (χ3v) is 3.64. The lowest BCUT2D eigenvalue weighted by molar-refractivity contribution is -0.137. The molecule has 2 heterocycles. The van der Waals surface area contributed by atoms with Gasteiger partial charge in [0.25, 0.3) is 0 Å². The maximum Gasteiger partial charge on any atom is 0.223 e. The molecule has 0 bridgehead atoms. The quantitative estimate of drug-likeness (QED) is 0.821. The summed E-state index contributed by atoms with van der Waals surface area (Å²) in [4.78, 5) is 17.8. The van der Waals surface area contributed by atoms with Gasteiger partial charge < -0.3 is 10.6 Å². The normalized spacial score (nSPS) is 27.1. The highest BCUT2D eigenvalue weighted by Crippen LogP contribution is 2.31. The zero-order valence-electron chi connectivity index (χ0n) is 8.72. The number of carbonyl (C=O) groups excluding carboxylic acids is 1. The largest absolute Gasteiger partial charge is 0.332 e. The zero-order valence-corrected chi connectivity index (χ0v) is 9.54. The summed E-state index contributed by atoms with van der Waals surface area (Å²) < 4.78 is 0. The van der Waals surface area contributed by atoms with Gasteiger partial charge in [-0.3, -0.25) is 4.79 Å². The van der Waals surface area contributed by atoms with E-state index in [0.29, 0.717) is 13.0 Å². The molecule has 0 aromatic carbocycles. The first-order valence-corrected chi connectivity index (χ1v) is 6.06. The maximum atomic E-state index is 11.7. The van der Waals surface area contributed by atoms with E-state index >= 15 is 0 Å². The van der Waals surface area contributed by atoms with Crippen LogP contribution in [-0.2, 0) is 4.79 Å². The molecule has 4 nitrogen and oxygen atoms in total. The van der Waals surface area contributed by atoms with E-state index in [1.54, 1.807) is 17.5 Å². The first-order chi connectivity index (χ1) is 7.24. The average molecular weight is 225 g/mol. The Labute approximate surface area is 93.1 Å². The predicted octanol–water partition coefficient (Wildman–Crippen LogP) is 1.15. The Morgan fingerprint density at radius 3 is 3.13 bits per heavy atom. The number of nitrogens with zero attached hydrogens (tertiary/aromatic N) is 2. The Balaban J connectivity index is 2.28. The topological polar surface area (TPSA) is 59.2 Å². The molecule has 1 aromatic heterocycles. The first kappa shape index (κ1) is 10.6. The van der Waals surface area contributed by atoms with Crippen LogP contribution in [0.2, 0.25) is 0 Å². The minimum atomic E-state index is -0.0174. The minimum Gasteiger partial charge on any atom is -0.332 e. The van der Waals surface area contributed by atoms with Gasteiger partial charge in [0, 0.05) is 30.6 Å². The number of likely N-dealkylation sites (N-methyl/N-ethyl adjacent to an activating group) is 1. The van der Waals surface area contributed by atoms with E-state index in [-0.39, 0.29) is 18.0 Å². The molecule has 82 valence electrons. The van der Waals surface area contributed by atoms with Crippen LogP contribution in [-0.4, -0.2) is 28.4 Å². The fraction of sp³-hybridized carbons (Fsp3) is 0.600. The molecular weight excluding hydrogens is 210 g/mol. The van der Waals surface area contributed by atoms with Gasteiger partial charge in [-0.25, -0.2) is 4.98 Å². The van der Waals surface area contributed by atoms with E-state index < -0.39 is 0 Å². The predicted molar refractivity (Wildman–Crippen MR) is 59.5 cm³/mol. The summed E-state index contributed by atoms with van der Waals surface area (Å²) >= 11 is 1.57. The highest BCUT2D eigenvalue weighted by molar-refractivity contribution is 7.09. The van der Waals surface area contributed by atoms with Gasteiger partial charge in [-0.1, -0.05) is 0 Å². The van der Waals surface area contributed by atoms with Crippen LogP contribution in [0, 0.1) is 0 Å². The van der Waals surface area contributed by atoms with E-state index in [9.17, 15) is 4.79 Å². The van der Waals surface area contributed by atoms with Crippen molar-refractivity contribution in [1.82, 2.24) is 9.88 Å². The van der Waals surface area contributed by atoms with Crippen molar-refractivity contribution in [3.63, 3.8) is 0 Å². The summed E-state index contributed by atoms with van der Waals surface area (Å²) in [6.45, 7) is 2.69. The molecule has 15 heavy (non-hydrogen) atoms. The van der Waals surface area contributed by atoms with E-state index in [4.69, 9.17) is 5.73 Å². The molecular formula is C10H15N3OS. The molecule has 1 aliphatic heterocycles. The summed E-state index contributed by atoms with van der Waals surface area (Å²) in [6, 6.07) is 0.00468. The molecule has 0 spiro atoms. The number of carbonyl (C=O) groups is 1. The Morgan fingerprint density at radius 2 is 2.53 bits per heavy atom. The first-order valence-electron chi connectivity index (χ1n) is 5.18. The van der Waals surface area contributed by atoms with Crippen LogP contribution in [0.25, 0.3) is 0 Å². The van der Waals surface area contributed by atoms with Crippen molar-refractivity contribution in [3.8, 4) is 0 Å². The van der Waals surface area contributed by atoms with Crippen molar-refractivity contribution in [3.05, 3.63) is 16.6 Å². The second-order valence-corrected chi connectivity index (χ2v) is 4.62. The zero-order chi connectivity index (χ0) is 10.8. The van der Waals surface area contributed by atoms with Crippen molar-refractivity contribution >= 4 is 17.2 Å². The second kappa shape index (κ2) is 4.28.